The van der Waals surface area contributed by atoms with Crippen LogP contribution in [0.25, 0.3) is 0 Å². The second-order valence-electron chi connectivity index (χ2n) is 4.35. The molecule has 1 saturated heterocycles. The Morgan fingerprint density at radius 3 is 3.06 bits per heavy atom. The fraction of sp³-hybridized carbons (Fsp3) is 0.462. The highest BCUT2D eigenvalue weighted by Gasteiger charge is 2.27. The molecule has 1 heterocycles. The van der Waals surface area contributed by atoms with Gasteiger partial charge in [-0.1, -0.05) is 0 Å². The molecule has 1 aromatic carbocycles. The fourth-order valence-electron chi connectivity index (χ4n) is 1.99. The van der Waals surface area contributed by atoms with Gasteiger partial charge in [0.25, 0.3) is 5.91 Å². The Hall–Kier alpha value is -1.13. The molecule has 0 aromatic heterocycles. The Labute approximate surface area is 110 Å². The number of carbonyl (C=O) groups is 1. The summed E-state index contributed by atoms with van der Waals surface area (Å²) in [5, 5.41) is 0. The topological polar surface area (TPSA) is 29.5 Å². The van der Waals surface area contributed by atoms with Crippen LogP contribution in [0.15, 0.2) is 18.2 Å². The molecule has 0 saturated carbocycles. The first-order chi connectivity index (χ1) is 8.63. The largest absolute Gasteiger partial charge is 0.377 e. The second kappa shape index (κ2) is 5.67. The van der Waals surface area contributed by atoms with Gasteiger partial charge in [-0.15, -0.1) is 11.6 Å². The number of aryl methyl sites for hydroxylation is 1. The average molecular weight is 272 g/mol. The molecule has 18 heavy (non-hydrogen) atoms. The molecule has 1 atom stereocenters. The first-order valence-corrected chi connectivity index (χ1v) is 6.37. The first kappa shape index (κ1) is 13.3. The molecule has 1 amide bonds. The third-order valence-electron chi connectivity index (χ3n) is 3.07. The van der Waals surface area contributed by atoms with Gasteiger partial charge in [0.05, 0.1) is 19.3 Å². The smallest absolute Gasteiger partial charge is 0.254 e. The number of ether oxygens (including phenoxy) is 1. The number of alkyl halides is 1. The van der Waals surface area contributed by atoms with E-state index in [9.17, 15) is 9.18 Å². The van der Waals surface area contributed by atoms with Crippen LogP contribution in [-0.4, -0.2) is 42.5 Å². The second-order valence-corrected chi connectivity index (χ2v) is 4.65. The van der Waals surface area contributed by atoms with E-state index in [1.165, 1.54) is 12.1 Å². The maximum atomic E-state index is 13.2. The Morgan fingerprint density at radius 1 is 1.61 bits per heavy atom. The molecule has 1 aromatic rings. The number of nitrogens with zero attached hydrogens (tertiary/aromatic N) is 1. The summed E-state index contributed by atoms with van der Waals surface area (Å²) >= 11 is 5.83. The van der Waals surface area contributed by atoms with Gasteiger partial charge in [-0.2, -0.15) is 0 Å². The van der Waals surface area contributed by atoms with Crippen molar-refractivity contribution in [1.29, 1.82) is 0 Å². The monoisotopic (exact) mass is 271 g/mol. The van der Waals surface area contributed by atoms with Crippen molar-refractivity contribution in [1.82, 2.24) is 4.90 Å². The van der Waals surface area contributed by atoms with Crippen LogP contribution in [0.2, 0.25) is 0 Å². The minimum absolute atomic E-state index is 0.113. The first-order valence-electron chi connectivity index (χ1n) is 5.84. The Bertz CT molecular complexity index is 453. The third-order valence-corrected chi connectivity index (χ3v) is 3.43. The molecule has 5 heteroatoms. The zero-order chi connectivity index (χ0) is 13.1. The molecular weight excluding hydrogens is 257 g/mol. The number of hydrogen-bond acceptors (Lipinski definition) is 2. The molecular formula is C13H15ClFNO2. The average Bonchev–Trinajstić information content (AvgIpc) is 2.41. The number of halogens is 2. The lowest BCUT2D eigenvalue weighted by Crippen LogP contribution is -2.49. The SMILES string of the molecule is Cc1cc(C(=O)N2CCOCC2CCl)ccc1F. The predicted octanol–water partition coefficient (Wildman–Crippen LogP) is 2.21. The Morgan fingerprint density at radius 2 is 2.39 bits per heavy atom. The van der Waals surface area contributed by atoms with Gasteiger partial charge in [-0.3, -0.25) is 4.79 Å². The summed E-state index contributed by atoms with van der Waals surface area (Å²) in [6.07, 6.45) is 0. The van der Waals surface area contributed by atoms with Crippen molar-refractivity contribution in [2.45, 2.75) is 13.0 Å². The van der Waals surface area contributed by atoms with E-state index < -0.39 is 0 Å². The van der Waals surface area contributed by atoms with Gasteiger partial charge in [-0.05, 0) is 30.7 Å². The van der Waals surface area contributed by atoms with E-state index >= 15 is 0 Å². The Balaban J connectivity index is 2.21. The van der Waals surface area contributed by atoms with Crippen molar-refractivity contribution in [2.24, 2.45) is 0 Å². The van der Waals surface area contributed by atoms with Crippen LogP contribution in [-0.2, 0) is 4.74 Å². The van der Waals surface area contributed by atoms with E-state index in [-0.39, 0.29) is 17.8 Å². The fourth-order valence-corrected chi connectivity index (χ4v) is 2.25. The summed E-state index contributed by atoms with van der Waals surface area (Å²) in [6.45, 7) is 3.13. The van der Waals surface area contributed by atoms with E-state index in [0.717, 1.165) is 0 Å². The van der Waals surface area contributed by atoms with Crippen LogP contribution in [0.5, 0.6) is 0 Å². The standard InChI is InChI=1S/C13H15ClFNO2/c1-9-6-10(2-3-12(9)15)13(17)16-4-5-18-8-11(16)7-14/h2-3,6,11H,4-5,7-8H2,1H3. The van der Waals surface area contributed by atoms with Crippen molar-refractivity contribution in [2.75, 3.05) is 25.6 Å². The lowest BCUT2D eigenvalue weighted by atomic mass is 10.1. The third kappa shape index (κ3) is 2.65. The molecule has 0 bridgehead atoms. The normalized spacial score (nSPS) is 19.9. The number of amides is 1. The minimum Gasteiger partial charge on any atom is -0.377 e. The van der Waals surface area contributed by atoms with E-state index in [0.29, 0.717) is 36.8 Å². The maximum Gasteiger partial charge on any atom is 0.254 e. The molecule has 0 radical (unpaired) electrons. The van der Waals surface area contributed by atoms with Gasteiger partial charge in [-0.25, -0.2) is 4.39 Å². The highest BCUT2D eigenvalue weighted by molar-refractivity contribution is 6.18. The van der Waals surface area contributed by atoms with Crippen LogP contribution in [0.1, 0.15) is 15.9 Å². The zero-order valence-corrected chi connectivity index (χ0v) is 10.9. The molecule has 0 N–H and O–H groups in total. The summed E-state index contributed by atoms with van der Waals surface area (Å²) in [5.74, 6) is -0.0826. The number of morpholine rings is 1. The number of hydrogen-bond donors (Lipinski definition) is 0. The summed E-state index contributed by atoms with van der Waals surface area (Å²) in [7, 11) is 0. The summed E-state index contributed by atoms with van der Waals surface area (Å²) in [4.78, 5) is 14.0. The number of rotatable bonds is 2. The van der Waals surface area contributed by atoms with Gasteiger partial charge in [0.2, 0.25) is 0 Å². The van der Waals surface area contributed by atoms with Crippen molar-refractivity contribution >= 4 is 17.5 Å². The van der Waals surface area contributed by atoms with Gasteiger partial charge < -0.3 is 9.64 Å². The molecule has 0 spiro atoms. The minimum atomic E-state index is -0.303. The number of carbonyl (C=O) groups excluding carboxylic acids is 1. The molecule has 1 unspecified atom stereocenters. The predicted molar refractivity (Wildman–Crippen MR) is 67.5 cm³/mol. The van der Waals surface area contributed by atoms with Crippen LogP contribution >= 0.6 is 11.6 Å². The van der Waals surface area contributed by atoms with Crippen LogP contribution in [0, 0.1) is 12.7 Å². The zero-order valence-electron chi connectivity index (χ0n) is 10.2. The highest BCUT2D eigenvalue weighted by atomic mass is 35.5. The molecule has 3 nitrogen and oxygen atoms in total. The molecule has 2 rings (SSSR count). The van der Waals surface area contributed by atoms with Gasteiger partial charge in [0.1, 0.15) is 5.82 Å². The quantitative estimate of drug-likeness (QED) is 0.772. The molecule has 0 aliphatic carbocycles. The van der Waals surface area contributed by atoms with Gasteiger partial charge in [0.15, 0.2) is 0 Å². The lowest BCUT2D eigenvalue weighted by Gasteiger charge is -2.34. The lowest BCUT2D eigenvalue weighted by molar-refractivity contribution is 0.00455. The van der Waals surface area contributed by atoms with Crippen molar-refractivity contribution in [3.63, 3.8) is 0 Å². The summed E-state index contributed by atoms with van der Waals surface area (Å²) < 4.78 is 18.5. The van der Waals surface area contributed by atoms with E-state index in [1.54, 1.807) is 17.9 Å². The van der Waals surface area contributed by atoms with Crippen molar-refractivity contribution in [3.05, 3.63) is 35.1 Å². The van der Waals surface area contributed by atoms with Crippen molar-refractivity contribution < 1.29 is 13.9 Å². The Kier molecular flexibility index (Phi) is 4.19. The van der Waals surface area contributed by atoms with Crippen molar-refractivity contribution in [3.8, 4) is 0 Å². The molecule has 1 aliphatic heterocycles. The summed E-state index contributed by atoms with van der Waals surface area (Å²) in [6, 6.07) is 4.28. The maximum absolute atomic E-state index is 13.2. The van der Waals surface area contributed by atoms with Gasteiger partial charge >= 0.3 is 0 Å². The summed E-state index contributed by atoms with van der Waals surface area (Å²) in [5.41, 5.74) is 0.961. The number of benzene rings is 1. The van der Waals surface area contributed by atoms with E-state index in [4.69, 9.17) is 16.3 Å². The highest BCUT2D eigenvalue weighted by Crippen LogP contribution is 2.16. The molecule has 1 aliphatic rings. The van der Waals surface area contributed by atoms with E-state index in [1.807, 2.05) is 0 Å². The van der Waals surface area contributed by atoms with Crippen LogP contribution in [0.3, 0.4) is 0 Å². The van der Waals surface area contributed by atoms with Crippen LogP contribution in [0.4, 0.5) is 4.39 Å². The van der Waals surface area contributed by atoms with Gasteiger partial charge in [0, 0.05) is 18.0 Å². The van der Waals surface area contributed by atoms with Crippen LogP contribution < -0.4 is 0 Å². The van der Waals surface area contributed by atoms with E-state index in [2.05, 4.69) is 0 Å². The molecule has 1 fully saturated rings. The molecule has 98 valence electrons.